The number of rotatable bonds is 2. The number of benzene rings is 1. The van der Waals surface area contributed by atoms with E-state index in [1.54, 1.807) is 6.07 Å². The highest BCUT2D eigenvalue weighted by atomic mass is 35.5. The third kappa shape index (κ3) is 3.24. The Morgan fingerprint density at radius 3 is 2.50 bits per heavy atom. The molecule has 2 nitrogen and oxygen atoms in total. The summed E-state index contributed by atoms with van der Waals surface area (Å²) in [6.07, 6.45) is 8.97. The molecule has 0 aromatic heterocycles. The summed E-state index contributed by atoms with van der Waals surface area (Å²) in [6, 6.07) is 4.69. The number of ether oxygens (including phenoxy) is 1. The van der Waals surface area contributed by atoms with E-state index in [0.29, 0.717) is 22.1 Å². The van der Waals surface area contributed by atoms with E-state index in [1.807, 2.05) is 6.07 Å². The first-order valence-corrected chi connectivity index (χ1v) is 8.37. The van der Waals surface area contributed by atoms with Gasteiger partial charge in [0.15, 0.2) is 0 Å². The van der Waals surface area contributed by atoms with Crippen LogP contribution in [0, 0.1) is 0 Å². The summed E-state index contributed by atoms with van der Waals surface area (Å²) in [5.74, 6) is 0.813. The summed E-state index contributed by atoms with van der Waals surface area (Å²) in [5.41, 5.74) is 1.12. The maximum Gasteiger partial charge on any atom is 0.142 e. The molecule has 1 N–H and O–H groups in total. The Balaban J connectivity index is 1.78. The van der Waals surface area contributed by atoms with E-state index in [1.165, 1.54) is 38.5 Å². The van der Waals surface area contributed by atoms with E-state index in [9.17, 15) is 0 Å². The predicted molar refractivity (Wildman–Crippen MR) is 83.9 cm³/mol. The van der Waals surface area contributed by atoms with Crippen LogP contribution in [0.2, 0.25) is 10.0 Å². The van der Waals surface area contributed by atoms with Gasteiger partial charge in [0.05, 0.1) is 11.6 Å². The quantitative estimate of drug-likeness (QED) is 0.764. The second-order valence-electron chi connectivity index (χ2n) is 5.85. The van der Waals surface area contributed by atoms with E-state index in [-0.39, 0.29) is 0 Å². The number of hydrogen-bond donors (Lipinski definition) is 1. The second kappa shape index (κ2) is 6.55. The van der Waals surface area contributed by atoms with Crippen LogP contribution in [-0.2, 0) is 0 Å². The summed E-state index contributed by atoms with van der Waals surface area (Å²) in [6.45, 7) is 0.721. The van der Waals surface area contributed by atoms with Crippen LogP contribution in [-0.4, -0.2) is 12.6 Å². The van der Waals surface area contributed by atoms with Crippen molar-refractivity contribution in [3.63, 3.8) is 0 Å². The lowest BCUT2D eigenvalue weighted by Crippen LogP contribution is -2.35. The zero-order valence-corrected chi connectivity index (χ0v) is 13.1. The lowest BCUT2D eigenvalue weighted by atomic mass is 9.98. The number of fused-ring (bicyclic) bond motifs is 1. The Morgan fingerprint density at radius 1 is 1.00 bits per heavy atom. The Labute approximate surface area is 130 Å². The summed E-state index contributed by atoms with van der Waals surface area (Å²) in [4.78, 5) is 0. The van der Waals surface area contributed by atoms with Crippen LogP contribution in [0.5, 0.6) is 5.75 Å². The molecule has 0 bridgehead atoms. The molecule has 1 atom stereocenters. The summed E-state index contributed by atoms with van der Waals surface area (Å²) < 4.78 is 5.72. The predicted octanol–water partition coefficient (Wildman–Crippen LogP) is 5.13. The standard InChI is InChI=1S/C16H21Cl2NO/c17-11-9-13-15(7-8-20-16(13)14(18)10-11)19-12-5-3-1-2-4-6-12/h9-10,12,15,19H,1-8H2. The van der Waals surface area contributed by atoms with Gasteiger partial charge in [-0.1, -0.05) is 48.9 Å². The van der Waals surface area contributed by atoms with Gasteiger partial charge < -0.3 is 10.1 Å². The highest BCUT2D eigenvalue weighted by Crippen LogP contribution is 2.40. The van der Waals surface area contributed by atoms with Gasteiger partial charge in [-0.15, -0.1) is 0 Å². The molecule has 1 heterocycles. The molecule has 4 heteroatoms. The highest BCUT2D eigenvalue weighted by molar-refractivity contribution is 6.35. The topological polar surface area (TPSA) is 21.3 Å². The first-order valence-electron chi connectivity index (χ1n) is 7.62. The smallest absolute Gasteiger partial charge is 0.142 e. The monoisotopic (exact) mass is 313 g/mol. The average Bonchev–Trinajstić information content (AvgIpc) is 2.68. The van der Waals surface area contributed by atoms with Crippen LogP contribution < -0.4 is 10.1 Å². The van der Waals surface area contributed by atoms with Gasteiger partial charge in [-0.3, -0.25) is 0 Å². The second-order valence-corrected chi connectivity index (χ2v) is 6.69. The third-order valence-corrected chi connectivity index (χ3v) is 4.86. The van der Waals surface area contributed by atoms with Gasteiger partial charge in [0.1, 0.15) is 5.75 Å². The van der Waals surface area contributed by atoms with Crippen molar-refractivity contribution in [1.82, 2.24) is 5.32 Å². The molecule has 0 radical (unpaired) electrons. The van der Waals surface area contributed by atoms with Crippen molar-refractivity contribution in [3.8, 4) is 5.75 Å². The molecule has 2 aliphatic rings. The van der Waals surface area contributed by atoms with Gasteiger partial charge in [-0.25, -0.2) is 0 Å². The number of hydrogen-bond acceptors (Lipinski definition) is 2. The third-order valence-electron chi connectivity index (χ3n) is 4.36. The normalized spacial score (nSPS) is 23.8. The highest BCUT2D eigenvalue weighted by Gasteiger charge is 2.26. The minimum atomic E-state index is 0.318. The molecule has 0 spiro atoms. The molecular formula is C16H21Cl2NO. The lowest BCUT2D eigenvalue weighted by molar-refractivity contribution is 0.240. The zero-order chi connectivity index (χ0) is 13.9. The molecule has 3 rings (SSSR count). The SMILES string of the molecule is Clc1cc(Cl)c2c(c1)C(NC1CCCCCC1)CCO2. The van der Waals surface area contributed by atoms with Crippen LogP contribution in [0.15, 0.2) is 12.1 Å². The molecular weight excluding hydrogens is 293 g/mol. The first kappa shape index (κ1) is 14.5. The fraction of sp³-hybridized carbons (Fsp3) is 0.625. The van der Waals surface area contributed by atoms with E-state index in [2.05, 4.69) is 5.32 Å². The fourth-order valence-corrected chi connectivity index (χ4v) is 3.89. The van der Waals surface area contributed by atoms with Crippen molar-refractivity contribution < 1.29 is 4.74 Å². The maximum absolute atomic E-state index is 6.24. The molecule has 0 amide bonds. The number of halogens is 2. The first-order chi connectivity index (χ1) is 9.74. The van der Waals surface area contributed by atoms with Gasteiger partial charge in [0, 0.05) is 29.1 Å². The maximum atomic E-state index is 6.24. The molecule has 1 saturated carbocycles. The van der Waals surface area contributed by atoms with Crippen LogP contribution in [0.3, 0.4) is 0 Å². The molecule has 1 fully saturated rings. The van der Waals surface area contributed by atoms with Gasteiger partial charge in [-0.05, 0) is 25.0 Å². The van der Waals surface area contributed by atoms with Crippen molar-refractivity contribution in [2.75, 3.05) is 6.61 Å². The molecule has 0 saturated heterocycles. The molecule has 1 aliphatic heterocycles. The van der Waals surface area contributed by atoms with Gasteiger partial charge >= 0.3 is 0 Å². The van der Waals surface area contributed by atoms with E-state index >= 15 is 0 Å². The van der Waals surface area contributed by atoms with Crippen LogP contribution >= 0.6 is 23.2 Å². The molecule has 1 aromatic carbocycles. The van der Waals surface area contributed by atoms with Gasteiger partial charge in [0.25, 0.3) is 0 Å². The van der Waals surface area contributed by atoms with E-state index < -0.39 is 0 Å². The van der Waals surface area contributed by atoms with E-state index in [0.717, 1.165) is 24.3 Å². The Hall–Kier alpha value is -0.440. The Bertz CT molecular complexity index is 470. The number of nitrogens with one attached hydrogen (secondary N) is 1. The lowest BCUT2D eigenvalue weighted by Gasteiger charge is -2.31. The summed E-state index contributed by atoms with van der Waals surface area (Å²) >= 11 is 12.4. The minimum Gasteiger partial charge on any atom is -0.492 e. The van der Waals surface area contributed by atoms with Crippen molar-refractivity contribution in [3.05, 3.63) is 27.7 Å². The van der Waals surface area contributed by atoms with E-state index in [4.69, 9.17) is 27.9 Å². The average molecular weight is 314 g/mol. The molecule has 1 unspecified atom stereocenters. The largest absolute Gasteiger partial charge is 0.492 e. The molecule has 20 heavy (non-hydrogen) atoms. The van der Waals surface area contributed by atoms with Crippen molar-refractivity contribution in [2.45, 2.75) is 57.0 Å². The van der Waals surface area contributed by atoms with Gasteiger partial charge in [0.2, 0.25) is 0 Å². The Kier molecular flexibility index (Phi) is 4.75. The summed E-state index contributed by atoms with van der Waals surface area (Å²) in [5, 5.41) is 5.12. The van der Waals surface area contributed by atoms with Crippen LogP contribution in [0.4, 0.5) is 0 Å². The zero-order valence-electron chi connectivity index (χ0n) is 11.6. The van der Waals surface area contributed by atoms with Crippen LogP contribution in [0.1, 0.15) is 56.6 Å². The van der Waals surface area contributed by atoms with Crippen molar-refractivity contribution in [2.24, 2.45) is 0 Å². The Morgan fingerprint density at radius 2 is 1.75 bits per heavy atom. The van der Waals surface area contributed by atoms with Crippen LogP contribution in [0.25, 0.3) is 0 Å². The molecule has 1 aliphatic carbocycles. The minimum absolute atomic E-state index is 0.318. The molecule has 1 aromatic rings. The molecule has 110 valence electrons. The van der Waals surface area contributed by atoms with Crippen molar-refractivity contribution in [1.29, 1.82) is 0 Å². The van der Waals surface area contributed by atoms with Gasteiger partial charge in [-0.2, -0.15) is 0 Å². The van der Waals surface area contributed by atoms with Crippen molar-refractivity contribution >= 4 is 23.2 Å². The summed E-state index contributed by atoms with van der Waals surface area (Å²) in [7, 11) is 0. The fourth-order valence-electron chi connectivity index (χ4n) is 3.33.